The molecular weight excluding hydrogens is 232 g/mol. The Hall–Kier alpha value is -1.48. The number of aryl methyl sites for hydroxylation is 2. The summed E-state index contributed by atoms with van der Waals surface area (Å²) in [7, 11) is 0. The van der Waals surface area contributed by atoms with E-state index in [1.807, 2.05) is 13.8 Å². The van der Waals surface area contributed by atoms with Gasteiger partial charge in [-0.15, -0.1) is 11.8 Å². The van der Waals surface area contributed by atoms with E-state index in [9.17, 15) is 4.79 Å². The zero-order valence-corrected chi connectivity index (χ0v) is 10.6. The van der Waals surface area contributed by atoms with E-state index in [-0.39, 0.29) is 5.63 Å². The molecule has 86 valence electrons. The van der Waals surface area contributed by atoms with Crippen molar-refractivity contribution in [1.82, 2.24) is 0 Å². The van der Waals surface area contributed by atoms with Gasteiger partial charge in [0, 0.05) is 27.7 Å². The minimum absolute atomic E-state index is 0.269. The minimum Gasteiger partial charge on any atom is -0.422 e. The molecule has 0 aliphatic carbocycles. The normalized spacial score (nSPS) is 14.0. The first-order chi connectivity index (χ1) is 8.16. The first-order valence-electron chi connectivity index (χ1n) is 5.54. The molecule has 2 heterocycles. The molecule has 0 saturated heterocycles. The topological polar surface area (TPSA) is 30.2 Å². The van der Waals surface area contributed by atoms with Gasteiger partial charge in [0.15, 0.2) is 0 Å². The lowest BCUT2D eigenvalue weighted by Gasteiger charge is -2.15. The van der Waals surface area contributed by atoms with Gasteiger partial charge in [0.1, 0.15) is 5.58 Å². The molecule has 17 heavy (non-hydrogen) atoms. The average Bonchev–Trinajstić information content (AvgIpc) is 2.31. The van der Waals surface area contributed by atoms with Crippen molar-refractivity contribution in [2.24, 2.45) is 0 Å². The molecule has 2 nitrogen and oxygen atoms in total. The molecule has 1 aliphatic rings. The maximum atomic E-state index is 11.4. The Morgan fingerprint density at radius 2 is 2.12 bits per heavy atom. The summed E-state index contributed by atoms with van der Waals surface area (Å²) < 4.78 is 5.35. The van der Waals surface area contributed by atoms with E-state index in [0.717, 1.165) is 27.8 Å². The molecule has 3 heteroatoms. The lowest BCUT2D eigenvalue weighted by atomic mass is 10.0. The summed E-state index contributed by atoms with van der Waals surface area (Å²) in [6.07, 6.45) is 4.30. The van der Waals surface area contributed by atoms with Crippen molar-refractivity contribution in [2.75, 3.05) is 5.75 Å². The third-order valence-electron chi connectivity index (χ3n) is 3.07. The van der Waals surface area contributed by atoms with Crippen LogP contribution in [0.15, 0.2) is 32.3 Å². The number of benzene rings is 1. The van der Waals surface area contributed by atoms with E-state index >= 15 is 0 Å². The smallest absolute Gasteiger partial charge is 0.336 e. The van der Waals surface area contributed by atoms with Crippen molar-refractivity contribution in [3.63, 3.8) is 0 Å². The molecule has 0 N–H and O–H groups in total. The van der Waals surface area contributed by atoms with E-state index in [1.165, 1.54) is 10.5 Å². The van der Waals surface area contributed by atoms with Crippen LogP contribution in [0.5, 0.6) is 0 Å². The van der Waals surface area contributed by atoms with Crippen molar-refractivity contribution >= 4 is 28.8 Å². The lowest BCUT2D eigenvalue weighted by Crippen LogP contribution is -2.01. The molecule has 0 fully saturated rings. The van der Waals surface area contributed by atoms with Crippen LogP contribution in [0.3, 0.4) is 0 Å². The van der Waals surface area contributed by atoms with Crippen molar-refractivity contribution in [3.8, 4) is 0 Å². The number of hydrogen-bond donors (Lipinski definition) is 0. The summed E-state index contributed by atoms with van der Waals surface area (Å²) in [5.74, 6) is 0.982. The van der Waals surface area contributed by atoms with E-state index in [0.29, 0.717) is 0 Å². The highest BCUT2D eigenvalue weighted by atomic mass is 32.2. The fraction of sp³-hybridized carbons (Fsp3) is 0.214. The second kappa shape index (κ2) is 3.77. The fourth-order valence-electron chi connectivity index (χ4n) is 2.24. The molecule has 0 atom stereocenters. The van der Waals surface area contributed by atoms with Crippen LogP contribution < -0.4 is 5.63 Å². The van der Waals surface area contributed by atoms with Crippen LogP contribution in [0.25, 0.3) is 17.0 Å². The molecule has 0 spiro atoms. The monoisotopic (exact) mass is 244 g/mol. The van der Waals surface area contributed by atoms with Gasteiger partial charge in [-0.05, 0) is 31.0 Å². The van der Waals surface area contributed by atoms with Gasteiger partial charge in [0.05, 0.1) is 0 Å². The zero-order valence-electron chi connectivity index (χ0n) is 9.74. The van der Waals surface area contributed by atoms with E-state index in [1.54, 1.807) is 17.8 Å². The molecule has 2 aromatic rings. The van der Waals surface area contributed by atoms with E-state index in [2.05, 4.69) is 18.2 Å². The molecule has 0 unspecified atom stereocenters. The molecule has 1 aromatic heterocycles. The largest absolute Gasteiger partial charge is 0.422 e. The predicted molar refractivity (Wildman–Crippen MR) is 71.7 cm³/mol. The van der Waals surface area contributed by atoms with Gasteiger partial charge in [-0.2, -0.15) is 0 Å². The van der Waals surface area contributed by atoms with Gasteiger partial charge in [-0.3, -0.25) is 0 Å². The molecule has 0 amide bonds. The van der Waals surface area contributed by atoms with Gasteiger partial charge < -0.3 is 4.42 Å². The average molecular weight is 244 g/mol. The van der Waals surface area contributed by atoms with Crippen LogP contribution in [0.1, 0.15) is 16.7 Å². The summed E-state index contributed by atoms with van der Waals surface area (Å²) >= 11 is 1.79. The van der Waals surface area contributed by atoms with Crippen molar-refractivity contribution in [2.45, 2.75) is 18.7 Å². The zero-order chi connectivity index (χ0) is 12.0. The summed E-state index contributed by atoms with van der Waals surface area (Å²) in [4.78, 5) is 12.7. The Labute approximate surface area is 103 Å². The van der Waals surface area contributed by atoms with Crippen molar-refractivity contribution < 1.29 is 4.42 Å². The van der Waals surface area contributed by atoms with Gasteiger partial charge in [0.25, 0.3) is 0 Å². The Bertz CT molecular complexity index is 695. The van der Waals surface area contributed by atoms with Gasteiger partial charge >= 0.3 is 5.63 Å². The molecule has 0 bridgehead atoms. The van der Waals surface area contributed by atoms with Gasteiger partial charge in [0.2, 0.25) is 0 Å². The molecule has 1 aromatic carbocycles. The van der Waals surface area contributed by atoms with Crippen LogP contribution in [0.4, 0.5) is 0 Å². The van der Waals surface area contributed by atoms with Crippen molar-refractivity contribution in [3.05, 3.63) is 45.3 Å². The molecule has 3 rings (SSSR count). The summed E-state index contributed by atoms with van der Waals surface area (Å²) in [5, 5.41) is 1.04. The van der Waals surface area contributed by atoms with E-state index < -0.39 is 0 Å². The van der Waals surface area contributed by atoms with Crippen LogP contribution >= 0.6 is 11.8 Å². The third-order valence-corrected chi connectivity index (χ3v) is 4.26. The third kappa shape index (κ3) is 1.62. The quantitative estimate of drug-likeness (QED) is 0.664. The maximum absolute atomic E-state index is 11.4. The Kier molecular flexibility index (Phi) is 2.37. The van der Waals surface area contributed by atoms with Crippen molar-refractivity contribution in [1.29, 1.82) is 0 Å². The number of hydrogen-bond acceptors (Lipinski definition) is 3. The molecule has 0 saturated carbocycles. The van der Waals surface area contributed by atoms with Gasteiger partial charge in [-0.25, -0.2) is 4.79 Å². The van der Waals surface area contributed by atoms with E-state index in [4.69, 9.17) is 4.42 Å². The maximum Gasteiger partial charge on any atom is 0.336 e. The lowest BCUT2D eigenvalue weighted by molar-refractivity contribution is 0.556. The minimum atomic E-state index is -0.269. The summed E-state index contributed by atoms with van der Waals surface area (Å²) in [6, 6.07) is 3.66. The van der Waals surface area contributed by atoms with Crippen LogP contribution in [0, 0.1) is 13.8 Å². The summed E-state index contributed by atoms with van der Waals surface area (Å²) in [5.41, 5.74) is 3.74. The van der Waals surface area contributed by atoms with Crippen LogP contribution in [0.2, 0.25) is 0 Å². The molecular formula is C14H12O2S. The SMILES string of the molecule is Cc1cc(=O)oc2c(C)c3c(cc12)C=CCS3. The second-order valence-electron chi connectivity index (χ2n) is 4.26. The summed E-state index contributed by atoms with van der Waals surface area (Å²) in [6.45, 7) is 3.97. The first kappa shape index (κ1) is 10.7. The number of fused-ring (bicyclic) bond motifs is 2. The highest BCUT2D eigenvalue weighted by molar-refractivity contribution is 7.99. The number of thioether (sulfide) groups is 1. The Morgan fingerprint density at radius 3 is 2.94 bits per heavy atom. The molecule has 1 aliphatic heterocycles. The standard InChI is InChI=1S/C14H12O2S/c1-8-6-12(15)16-13-9(2)14-10(7-11(8)13)4-3-5-17-14/h3-4,6-7H,5H2,1-2H3. The highest BCUT2D eigenvalue weighted by Gasteiger charge is 2.14. The van der Waals surface area contributed by atoms with Gasteiger partial charge in [-0.1, -0.05) is 12.2 Å². The highest BCUT2D eigenvalue weighted by Crippen LogP contribution is 2.36. The predicted octanol–water partition coefficient (Wildman–Crippen LogP) is 3.53. The van der Waals surface area contributed by atoms with Crippen LogP contribution in [-0.4, -0.2) is 5.75 Å². The Morgan fingerprint density at radius 1 is 1.29 bits per heavy atom. The van der Waals surface area contributed by atoms with Crippen LogP contribution in [-0.2, 0) is 0 Å². The Balaban J connectivity index is 2.49. The fourth-order valence-corrected chi connectivity index (χ4v) is 3.20. The molecule has 0 radical (unpaired) electrons. The number of rotatable bonds is 0. The first-order valence-corrected chi connectivity index (χ1v) is 6.53. The second-order valence-corrected chi connectivity index (χ2v) is 5.29.